The van der Waals surface area contributed by atoms with E-state index >= 15 is 0 Å². The molecule has 2 aromatic rings. The van der Waals surface area contributed by atoms with E-state index in [9.17, 15) is 13.2 Å². The van der Waals surface area contributed by atoms with Gasteiger partial charge in [-0.2, -0.15) is 18.2 Å². The molecular weight excluding hydrogens is 365 g/mol. The van der Waals surface area contributed by atoms with Crippen LogP contribution in [0.25, 0.3) is 0 Å². The van der Waals surface area contributed by atoms with Crippen LogP contribution in [0.5, 0.6) is 0 Å². The maximum absolute atomic E-state index is 13.0. The molecule has 4 nitrogen and oxygen atoms in total. The SMILES string of the molecule is CC[C@H](C)Nc1nc(Nc2ccc(Cl)c(C(F)(F)F)c2)cc(C2CC2)n1. The van der Waals surface area contributed by atoms with E-state index in [4.69, 9.17) is 11.6 Å². The largest absolute Gasteiger partial charge is 0.417 e. The Hall–Kier alpha value is -2.02. The van der Waals surface area contributed by atoms with Crippen LogP contribution in [0.15, 0.2) is 24.3 Å². The molecule has 140 valence electrons. The standard InChI is InChI=1S/C18H20ClF3N4/c1-3-10(2)23-17-25-15(11-4-5-11)9-16(26-17)24-12-6-7-14(19)13(8-12)18(20,21)22/h6-11H,3-5H2,1-2H3,(H2,23,24,25,26)/t10-/m0/s1. The van der Waals surface area contributed by atoms with Crippen molar-refractivity contribution in [3.8, 4) is 0 Å². The highest BCUT2D eigenvalue weighted by molar-refractivity contribution is 6.31. The average molecular weight is 385 g/mol. The number of halogens is 4. The van der Waals surface area contributed by atoms with E-state index in [1.165, 1.54) is 12.1 Å². The molecule has 0 bridgehead atoms. The maximum atomic E-state index is 13.0. The summed E-state index contributed by atoms with van der Waals surface area (Å²) in [6.07, 6.45) is -1.47. The van der Waals surface area contributed by atoms with Crippen molar-refractivity contribution in [1.82, 2.24) is 9.97 Å². The zero-order chi connectivity index (χ0) is 18.9. The summed E-state index contributed by atoms with van der Waals surface area (Å²) in [5.41, 5.74) is 0.300. The molecule has 1 aromatic carbocycles. The number of nitrogens with one attached hydrogen (secondary N) is 2. The summed E-state index contributed by atoms with van der Waals surface area (Å²) in [4.78, 5) is 8.93. The molecule has 26 heavy (non-hydrogen) atoms. The maximum Gasteiger partial charge on any atom is 0.417 e. The van der Waals surface area contributed by atoms with Crippen molar-refractivity contribution >= 4 is 29.1 Å². The predicted molar refractivity (Wildman–Crippen MR) is 97.1 cm³/mol. The molecule has 3 rings (SSSR count). The Balaban J connectivity index is 1.89. The molecule has 2 N–H and O–H groups in total. The van der Waals surface area contributed by atoms with Crippen molar-refractivity contribution in [3.05, 3.63) is 40.5 Å². The van der Waals surface area contributed by atoms with Gasteiger partial charge in [0, 0.05) is 23.7 Å². The lowest BCUT2D eigenvalue weighted by atomic mass is 10.2. The van der Waals surface area contributed by atoms with Gasteiger partial charge in [0.1, 0.15) is 5.82 Å². The van der Waals surface area contributed by atoms with E-state index in [0.29, 0.717) is 17.7 Å². The molecule has 0 unspecified atom stereocenters. The predicted octanol–water partition coefficient (Wildman–Crippen LogP) is 5.98. The number of rotatable bonds is 6. The van der Waals surface area contributed by atoms with E-state index in [1.807, 2.05) is 13.8 Å². The molecule has 1 heterocycles. The minimum Gasteiger partial charge on any atom is -0.352 e. The topological polar surface area (TPSA) is 49.8 Å². The summed E-state index contributed by atoms with van der Waals surface area (Å²) >= 11 is 5.67. The quantitative estimate of drug-likeness (QED) is 0.643. The first kappa shape index (κ1) is 18.8. The summed E-state index contributed by atoms with van der Waals surface area (Å²) in [6.45, 7) is 4.07. The van der Waals surface area contributed by atoms with Crippen molar-refractivity contribution in [1.29, 1.82) is 0 Å². The number of nitrogens with zero attached hydrogens (tertiary/aromatic N) is 2. The first-order chi connectivity index (χ1) is 12.3. The third-order valence-electron chi connectivity index (χ3n) is 4.27. The second kappa shape index (κ2) is 7.31. The monoisotopic (exact) mass is 384 g/mol. The zero-order valence-corrected chi connectivity index (χ0v) is 15.2. The Morgan fingerprint density at radius 1 is 1.23 bits per heavy atom. The van der Waals surface area contributed by atoms with E-state index < -0.39 is 11.7 Å². The number of benzene rings is 1. The normalized spacial score (nSPS) is 15.6. The Morgan fingerprint density at radius 3 is 2.58 bits per heavy atom. The van der Waals surface area contributed by atoms with Gasteiger partial charge in [-0.15, -0.1) is 0 Å². The van der Waals surface area contributed by atoms with Crippen molar-refractivity contribution in [3.63, 3.8) is 0 Å². The van der Waals surface area contributed by atoms with E-state index in [0.717, 1.165) is 31.0 Å². The van der Waals surface area contributed by atoms with Gasteiger partial charge in [-0.1, -0.05) is 18.5 Å². The van der Waals surface area contributed by atoms with Crippen molar-refractivity contribution in [2.24, 2.45) is 0 Å². The van der Waals surface area contributed by atoms with Crippen LogP contribution in [0.3, 0.4) is 0 Å². The lowest BCUT2D eigenvalue weighted by Gasteiger charge is -2.15. The molecule has 1 aliphatic rings. The van der Waals surface area contributed by atoms with E-state index in [-0.39, 0.29) is 16.8 Å². The first-order valence-corrected chi connectivity index (χ1v) is 8.93. The van der Waals surface area contributed by atoms with Crippen LogP contribution >= 0.6 is 11.6 Å². The molecule has 1 aliphatic carbocycles. The molecule has 1 aromatic heterocycles. The van der Waals surface area contributed by atoms with Gasteiger partial charge in [0.05, 0.1) is 16.3 Å². The minimum atomic E-state index is -4.51. The molecule has 0 aliphatic heterocycles. The number of hydrogen-bond acceptors (Lipinski definition) is 4. The van der Waals surface area contributed by atoms with Gasteiger partial charge in [0.15, 0.2) is 0 Å². The molecule has 0 saturated heterocycles. The fraction of sp³-hybridized carbons (Fsp3) is 0.444. The summed E-state index contributed by atoms with van der Waals surface area (Å²) in [5, 5.41) is 5.84. The Bertz CT molecular complexity index is 790. The minimum absolute atomic E-state index is 0.199. The molecule has 0 radical (unpaired) electrons. The van der Waals surface area contributed by atoms with Crippen molar-refractivity contribution in [2.75, 3.05) is 10.6 Å². The molecule has 0 amide bonds. The average Bonchev–Trinajstić information content (AvgIpc) is 3.40. The van der Waals surface area contributed by atoms with Crippen LogP contribution < -0.4 is 10.6 Å². The fourth-order valence-electron chi connectivity index (χ4n) is 2.47. The highest BCUT2D eigenvalue weighted by Gasteiger charge is 2.33. The van der Waals surface area contributed by atoms with Crippen LogP contribution in [0.4, 0.5) is 30.6 Å². The lowest BCUT2D eigenvalue weighted by Crippen LogP contribution is -2.16. The molecule has 8 heteroatoms. The Morgan fingerprint density at radius 2 is 1.96 bits per heavy atom. The number of aromatic nitrogens is 2. The number of hydrogen-bond donors (Lipinski definition) is 2. The van der Waals surface area contributed by atoms with Gasteiger partial charge in [-0.05, 0) is 44.4 Å². The molecule has 0 spiro atoms. The molecule has 1 saturated carbocycles. The second-order valence-corrected chi connectivity index (χ2v) is 6.95. The molecule has 1 fully saturated rings. The molecular formula is C18H20ClF3N4. The second-order valence-electron chi connectivity index (χ2n) is 6.55. The van der Waals surface area contributed by atoms with Crippen LogP contribution in [0.2, 0.25) is 5.02 Å². The summed E-state index contributed by atoms with van der Waals surface area (Å²) < 4.78 is 39.1. The van der Waals surface area contributed by atoms with Gasteiger partial charge in [-0.25, -0.2) is 4.98 Å². The van der Waals surface area contributed by atoms with E-state index in [2.05, 4.69) is 20.6 Å². The highest BCUT2D eigenvalue weighted by atomic mass is 35.5. The smallest absolute Gasteiger partial charge is 0.352 e. The first-order valence-electron chi connectivity index (χ1n) is 8.55. The van der Waals surface area contributed by atoms with E-state index in [1.54, 1.807) is 6.07 Å². The van der Waals surface area contributed by atoms with Gasteiger partial charge < -0.3 is 10.6 Å². The summed E-state index contributed by atoms with van der Waals surface area (Å²) in [6, 6.07) is 5.71. The van der Waals surface area contributed by atoms with Crippen LogP contribution in [-0.4, -0.2) is 16.0 Å². The Kier molecular flexibility index (Phi) is 5.27. The van der Waals surface area contributed by atoms with Gasteiger partial charge >= 0.3 is 6.18 Å². The third kappa shape index (κ3) is 4.58. The van der Waals surface area contributed by atoms with Gasteiger partial charge in [0.25, 0.3) is 0 Å². The van der Waals surface area contributed by atoms with Crippen molar-refractivity contribution in [2.45, 2.75) is 51.2 Å². The van der Waals surface area contributed by atoms with Crippen LogP contribution in [0.1, 0.15) is 50.3 Å². The number of anilines is 3. The fourth-order valence-corrected chi connectivity index (χ4v) is 2.70. The van der Waals surface area contributed by atoms with Crippen molar-refractivity contribution < 1.29 is 13.2 Å². The summed E-state index contributed by atoms with van der Waals surface area (Å²) in [7, 11) is 0. The van der Waals surface area contributed by atoms with Crippen LogP contribution in [-0.2, 0) is 6.18 Å². The third-order valence-corrected chi connectivity index (χ3v) is 4.60. The number of alkyl halides is 3. The lowest BCUT2D eigenvalue weighted by molar-refractivity contribution is -0.137. The Labute approximate surface area is 155 Å². The van der Waals surface area contributed by atoms with Crippen LogP contribution in [0, 0.1) is 0 Å². The highest BCUT2D eigenvalue weighted by Crippen LogP contribution is 2.40. The summed E-state index contributed by atoms with van der Waals surface area (Å²) in [5.74, 6) is 1.34. The van der Waals surface area contributed by atoms with Gasteiger partial charge in [-0.3, -0.25) is 0 Å². The zero-order valence-electron chi connectivity index (χ0n) is 14.5. The van der Waals surface area contributed by atoms with Gasteiger partial charge in [0.2, 0.25) is 5.95 Å². The molecule has 1 atom stereocenters.